The van der Waals surface area contributed by atoms with Crippen LogP contribution in [0.25, 0.3) is 0 Å². The predicted molar refractivity (Wildman–Crippen MR) is 66.7 cm³/mol. The molecule has 1 aromatic rings. The van der Waals surface area contributed by atoms with Gasteiger partial charge in [-0.1, -0.05) is 6.07 Å². The molecule has 0 aliphatic carbocycles. The lowest BCUT2D eigenvalue weighted by atomic mass is 10.1. The Morgan fingerprint density at radius 2 is 1.81 bits per heavy atom. The van der Waals surface area contributed by atoms with E-state index in [0.29, 0.717) is 13.2 Å². The number of aryl methyl sites for hydroxylation is 2. The predicted octanol–water partition coefficient (Wildman–Crippen LogP) is 1.35. The smallest absolute Gasteiger partial charge is 0.185 e. The van der Waals surface area contributed by atoms with Crippen LogP contribution in [0.2, 0.25) is 0 Å². The van der Waals surface area contributed by atoms with Crippen LogP contribution in [0.4, 0.5) is 0 Å². The molecular weight excluding hydrogens is 202 g/mol. The third-order valence-electron chi connectivity index (χ3n) is 2.06. The molecule has 0 saturated heterocycles. The third-order valence-corrected chi connectivity index (χ3v) is 2.06. The molecule has 1 rings (SSSR count). The number of guanidine groups is 1. The van der Waals surface area contributed by atoms with Gasteiger partial charge >= 0.3 is 0 Å². The number of hydrogen-bond donors (Lipinski definition) is 2. The number of hydrogen-bond acceptors (Lipinski definition) is 2. The van der Waals surface area contributed by atoms with E-state index < -0.39 is 0 Å². The molecule has 0 atom stereocenters. The summed E-state index contributed by atoms with van der Waals surface area (Å²) in [6.07, 6.45) is 0.810. The molecule has 4 heteroatoms. The molecule has 0 fully saturated rings. The lowest BCUT2D eigenvalue weighted by molar-refractivity contribution is 0.313. The van der Waals surface area contributed by atoms with Crippen molar-refractivity contribution in [1.29, 1.82) is 0 Å². The van der Waals surface area contributed by atoms with Crippen LogP contribution in [0.1, 0.15) is 17.5 Å². The van der Waals surface area contributed by atoms with Gasteiger partial charge in [0.15, 0.2) is 5.96 Å². The summed E-state index contributed by atoms with van der Waals surface area (Å²) < 4.78 is 5.60. The van der Waals surface area contributed by atoms with Gasteiger partial charge in [0, 0.05) is 13.0 Å². The Kier molecular flexibility index (Phi) is 4.64. The minimum absolute atomic E-state index is 0.131. The van der Waals surface area contributed by atoms with Crippen LogP contribution >= 0.6 is 0 Å². The van der Waals surface area contributed by atoms with E-state index in [9.17, 15) is 0 Å². The maximum Gasteiger partial charge on any atom is 0.185 e. The normalized spacial score (nSPS) is 9.88. The summed E-state index contributed by atoms with van der Waals surface area (Å²) in [5, 5.41) is 0. The highest BCUT2D eigenvalue weighted by Crippen LogP contribution is 2.16. The van der Waals surface area contributed by atoms with Crippen molar-refractivity contribution in [3.8, 4) is 5.75 Å². The SMILES string of the molecule is Cc1cc(C)cc(OCCCN=C(N)N)c1. The zero-order chi connectivity index (χ0) is 12.0. The Labute approximate surface area is 96.3 Å². The van der Waals surface area contributed by atoms with Crippen LogP contribution < -0.4 is 16.2 Å². The van der Waals surface area contributed by atoms with E-state index in [1.165, 1.54) is 11.1 Å². The van der Waals surface area contributed by atoms with Gasteiger partial charge in [-0.2, -0.15) is 0 Å². The lowest BCUT2D eigenvalue weighted by Gasteiger charge is -2.07. The van der Waals surface area contributed by atoms with Crippen LogP contribution in [0, 0.1) is 13.8 Å². The van der Waals surface area contributed by atoms with Crippen molar-refractivity contribution >= 4 is 5.96 Å². The molecular formula is C12H19N3O. The van der Waals surface area contributed by atoms with Crippen molar-refractivity contribution in [3.63, 3.8) is 0 Å². The van der Waals surface area contributed by atoms with Crippen LogP contribution in [0.15, 0.2) is 23.2 Å². The topological polar surface area (TPSA) is 73.6 Å². The maximum atomic E-state index is 5.60. The number of nitrogens with two attached hydrogens (primary N) is 2. The average Bonchev–Trinajstić information content (AvgIpc) is 2.15. The highest BCUT2D eigenvalue weighted by atomic mass is 16.5. The molecule has 4 nitrogen and oxygen atoms in total. The molecule has 4 N–H and O–H groups in total. The van der Waals surface area contributed by atoms with Gasteiger partial charge in [-0.3, -0.25) is 4.99 Å². The number of rotatable bonds is 5. The van der Waals surface area contributed by atoms with Crippen LogP contribution in [0.3, 0.4) is 0 Å². The molecule has 0 unspecified atom stereocenters. The fourth-order valence-electron chi connectivity index (χ4n) is 1.48. The first-order valence-corrected chi connectivity index (χ1v) is 5.34. The highest BCUT2D eigenvalue weighted by molar-refractivity contribution is 5.75. The van der Waals surface area contributed by atoms with E-state index in [4.69, 9.17) is 16.2 Å². The molecule has 0 radical (unpaired) electrons. The van der Waals surface area contributed by atoms with E-state index in [0.717, 1.165) is 12.2 Å². The van der Waals surface area contributed by atoms with Gasteiger partial charge in [0.05, 0.1) is 6.61 Å². The first-order valence-electron chi connectivity index (χ1n) is 5.34. The maximum absolute atomic E-state index is 5.60. The van der Waals surface area contributed by atoms with Crippen molar-refractivity contribution in [2.75, 3.05) is 13.2 Å². The third kappa shape index (κ3) is 4.68. The Balaban J connectivity index is 2.34. The number of aliphatic imine (C=N–C) groups is 1. The summed E-state index contributed by atoms with van der Waals surface area (Å²) >= 11 is 0. The summed E-state index contributed by atoms with van der Waals surface area (Å²) in [5.74, 6) is 1.04. The highest BCUT2D eigenvalue weighted by Gasteiger charge is 1.96. The van der Waals surface area contributed by atoms with E-state index in [-0.39, 0.29) is 5.96 Å². The van der Waals surface area contributed by atoms with Crippen molar-refractivity contribution < 1.29 is 4.74 Å². The molecule has 0 spiro atoms. The zero-order valence-corrected chi connectivity index (χ0v) is 9.86. The summed E-state index contributed by atoms with van der Waals surface area (Å²) in [7, 11) is 0. The largest absolute Gasteiger partial charge is 0.494 e. The van der Waals surface area contributed by atoms with E-state index in [1.807, 2.05) is 12.1 Å². The van der Waals surface area contributed by atoms with Crippen molar-refractivity contribution in [1.82, 2.24) is 0 Å². The Bertz CT molecular complexity index is 350. The van der Waals surface area contributed by atoms with E-state index in [1.54, 1.807) is 0 Å². The van der Waals surface area contributed by atoms with Crippen molar-refractivity contribution in [2.24, 2.45) is 16.5 Å². The number of benzene rings is 1. The monoisotopic (exact) mass is 221 g/mol. The molecule has 0 aromatic heterocycles. The Morgan fingerprint density at radius 3 is 2.38 bits per heavy atom. The summed E-state index contributed by atoms with van der Waals surface area (Å²) in [6, 6.07) is 6.16. The minimum atomic E-state index is 0.131. The van der Waals surface area contributed by atoms with Gasteiger partial charge in [-0.05, 0) is 37.1 Å². The fourth-order valence-corrected chi connectivity index (χ4v) is 1.48. The first kappa shape index (κ1) is 12.4. The van der Waals surface area contributed by atoms with E-state index in [2.05, 4.69) is 24.9 Å². The van der Waals surface area contributed by atoms with Crippen LogP contribution in [-0.4, -0.2) is 19.1 Å². The van der Waals surface area contributed by atoms with Crippen molar-refractivity contribution in [3.05, 3.63) is 29.3 Å². The van der Waals surface area contributed by atoms with Crippen LogP contribution in [0.5, 0.6) is 5.75 Å². The molecule has 88 valence electrons. The van der Waals surface area contributed by atoms with Gasteiger partial charge in [-0.25, -0.2) is 0 Å². The molecule has 1 aromatic carbocycles. The number of nitrogens with zero attached hydrogens (tertiary/aromatic N) is 1. The summed E-state index contributed by atoms with van der Waals surface area (Å²) in [4.78, 5) is 3.88. The van der Waals surface area contributed by atoms with Crippen LogP contribution in [-0.2, 0) is 0 Å². The van der Waals surface area contributed by atoms with Gasteiger partial charge in [0.2, 0.25) is 0 Å². The molecule has 0 aliphatic heterocycles. The second-order valence-corrected chi connectivity index (χ2v) is 3.83. The summed E-state index contributed by atoms with van der Waals surface area (Å²) in [5.41, 5.74) is 12.8. The van der Waals surface area contributed by atoms with Gasteiger partial charge in [0.1, 0.15) is 5.75 Å². The zero-order valence-electron chi connectivity index (χ0n) is 9.86. The second kappa shape index (κ2) is 6.00. The fraction of sp³-hybridized carbons (Fsp3) is 0.417. The summed E-state index contributed by atoms with van der Waals surface area (Å²) in [6.45, 7) is 5.34. The average molecular weight is 221 g/mol. The molecule has 0 amide bonds. The standard InChI is InChI=1S/C12H19N3O/c1-9-6-10(2)8-11(7-9)16-5-3-4-15-12(13)14/h6-8H,3-5H2,1-2H3,(H4,13,14,15). The quantitative estimate of drug-likeness (QED) is 0.448. The molecule has 0 aliphatic rings. The number of ether oxygens (including phenoxy) is 1. The molecule has 16 heavy (non-hydrogen) atoms. The van der Waals surface area contributed by atoms with E-state index >= 15 is 0 Å². The lowest BCUT2D eigenvalue weighted by Crippen LogP contribution is -2.23. The van der Waals surface area contributed by atoms with Crippen molar-refractivity contribution in [2.45, 2.75) is 20.3 Å². The molecule has 0 bridgehead atoms. The second-order valence-electron chi connectivity index (χ2n) is 3.83. The molecule has 0 heterocycles. The Hall–Kier alpha value is -1.71. The minimum Gasteiger partial charge on any atom is -0.494 e. The Morgan fingerprint density at radius 1 is 1.19 bits per heavy atom. The first-order chi connectivity index (χ1) is 7.58. The van der Waals surface area contributed by atoms with Gasteiger partial charge < -0.3 is 16.2 Å². The molecule has 0 saturated carbocycles. The van der Waals surface area contributed by atoms with Gasteiger partial charge in [0.25, 0.3) is 0 Å². The van der Waals surface area contributed by atoms with Gasteiger partial charge in [-0.15, -0.1) is 0 Å².